The van der Waals surface area contributed by atoms with Gasteiger partial charge in [-0.15, -0.1) is 0 Å². The molecule has 0 aliphatic carbocycles. The minimum absolute atomic E-state index is 0.172. The highest BCUT2D eigenvalue weighted by molar-refractivity contribution is 14.1. The van der Waals surface area contributed by atoms with E-state index in [0.717, 1.165) is 14.0 Å². The molecule has 0 spiro atoms. The normalized spacial score (nSPS) is 14.4. The van der Waals surface area contributed by atoms with E-state index < -0.39 is 17.8 Å². The van der Waals surface area contributed by atoms with Gasteiger partial charge in [-0.25, -0.2) is 9.69 Å². The number of imide groups is 2. The summed E-state index contributed by atoms with van der Waals surface area (Å²) in [6.45, 7) is 4.67. The maximum atomic E-state index is 13.5. The number of hydrogen-bond donors (Lipinski definition) is 1. The third-order valence-corrected chi connectivity index (χ3v) is 7.41. The summed E-state index contributed by atoms with van der Waals surface area (Å²) in [5.74, 6) is -0.261. The molecule has 1 N–H and O–H groups in total. The number of nitrogens with one attached hydrogen (secondary N) is 1. The number of carbonyl (C=O) groups excluding carboxylic acids is 3. The highest BCUT2D eigenvalue weighted by Gasteiger charge is 2.38. The van der Waals surface area contributed by atoms with Crippen LogP contribution in [0.3, 0.4) is 0 Å². The molecule has 0 radical (unpaired) electrons. The predicted molar refractivity (Wildman–Crippen MR) is 163 cm³/mol. The Labute approximate surface area is 256 Å². The quantitative estimate of drug-likeness (QED) is 0.145. The smallest absolute Gasteiger partial charge is 0.336 e. The van der Waals surface area contributed by atoms with E-state index in [1.54, 1.807) is 31.2 Å². The van der Waals surface area contributed by atoms with E-state index in [4.69, 9.17) is 14.2 Å². The molecule has 8 nitrogen and oxygen atoms in total. The Bertz CT molecular complexity index is 1440. The monoisotopic (exact) mass is 768 g/mol. The summed E-state index contributed by atoms with van der Waals surface area (Å²) < 4.78 is 19.6. The largest absolute Gasteiger partial charge is 0.494 e. The van der Waals surface area contributed by atoms with Crippen molar-refractivity contribution in [2.75, 3.05) is 18.1 Å². The number of halogens is 3. The summed E-state index contributed by atoms with van der Waals surface area (Å²) in [6, 6.07) is 15.4. The van der Waals surface area contributed by atoms with E-state index >= 15 is 0 Å². The second-order valence-corrected chi connectivity index (χ2v) is 11.1. The SMILES string of the molecule is CCOc1ccc(OCC)c(N2C(=O)NC(=O)/C(=C\c3cc(Br)c(OCc4ccc(I)cc4)c(Br)c3)C2=O)c1. The van der Waals surface area contributed by atoms with Gasteiger partial charge in [0, 0.05) is 9.64 Å². The fourth-order valence-corrected chi connectivity index (χ4v) is 5.60. The number of nitrogens with zero attached hydrogens (tertiary/aromatic N) is 1. The lowest BCUT2D eigenvalue weighted by Gasteiger charge is -2.28. The first-order chi connectivity index (χ1) is 18.7. The minimum Gasteiger partial charge on any atom is -0.494 e. The first-order valence-electron chi connectivity index (χ1n) is 11.9. The number of barbiturate groups is 1. The molecule has 1 fully saturated rings. The molecular weight excluding hydrogens is 747 g/mol. The van der Waals surface area contributed by atoms with Crippen LogP contribution in [0.2, 0.25) is 0 Å². The Morgan fingerprint density at radius 1 is 0.897 bits per heavy atom. The molecule has 3 aromatic carbocycles. The molecule has 0 bridgehead atoms. The molecule has 0 saturated carbocycles. The molecule has 4 amide bonds. The number of anilines is 1. The summed E-state index contributed by atoms with van der Waals surface area (Å²) in [5.41, 5.74) is 1.50. The van der Waals surface area contributed by atoms with Crippen molar-refractivity contribution in [2.45, 2.75) is 20.5 Å². The van der Waals surface area contributed by atoms with Gasteiger partial charge < -0.3 is 14.2 Å². The van der Waals surface area contributed by atoms with Crippen LogP contribution in [0, 0.1) is 3.57 Å². The topological polar surface area (TPSA) is 94.2 Å². The standard InChI is InChI=1S/C28H23Br2IN2O6/c1-3-37-19-9-10-24(38-4-2)23(14-19)33-27(35)20(26(34)32-28(33)36)11-17-12-21(29)25(22(30)13-17)39-15-16-5-7-18(31)8-6-16/h5-14H,3-4,15H2,1-2H3,(H,32,34,36)/b20-11+. The average molecular weight is 770 g/mol. The lowest BCUT2D eigenvalue weighted by Crippen LogP contribution is -2.54. The van der Waals surface area contributed by atoms with Crippen molar-refractivity contribution in [3.8, 4) is 17.2 Å². The van der Waals surface area contributed by atoms with Crippen LogP contribution in [0.15, 0.2) is 69.1 Å². The predicted octanol–water partition coefficient (Wildman–Crippen LogP) is 6.86. The van der Waals surface area contributed by atoms with Gasteiger partial charge in [0.25, 0.3) is 11.8 Å². The molecule has 0 atom stereocenters. The first kappa shape index (κ1) is 29.1. The minimum atomic E-state index is -0.876. The van der Waals surface area contributed by atoms with Crippen molar-refractivity contribution in [3.05, 3.63) is 83.8 Å². The molecule has 1 aliphatic heterocycles. The molecule has 0 unspecified atom stereocenters. The van der Waals surface area contributed by atoms with Crippen molar-refractivity contribution in [3.63, 3.8) is 0 Å². The van der Waals surface area contributed by atoms with Crippen LogP contribution < -0.4 is 24.4 Å². The lowest BCUT2D eigenvalue weighted by molar-refractivity contribution is -0.122. The van der Waals surface area contributed by atoms with Gasteiger partial charge in [-0.1, -0.05) is 12.1 Å². The zero-order valence-corrected chi connectivity index (χ0v) is 26.3. The van der Waals surface area contributed by atoms with Gasteiger partial charge in [-0.2, -0.15) is 0 Å². The number of rotatable bonds is 9. The summed E-state index contributed by atoms with van der Waals surface area (Å²) in [4.78, 5) is 40.0. The van der Waals surface area contributed by atoms with Crippen LogP contribution in [0.1, 0.15) is 25.0 Å². The maximum absolute atomic E-state index is 13.5. The van der Waals surface area contributed by atoms with Gasteiger partial charge >= 0.3 is 6.03 Å². The third-order valence-electron chi connectivity index (χ3n) is 5.51. The molecular formula is C28H23Br2IN2O6. The Kier molecular flexibility index (Phi) is 9.67. The van der Waals surface area contributed by atoms with Gasteiger partial charge in [0.15, 0.2) is 0 Å². The number of carbonyl (C=O) groups is 3. The second kappa shape index (κ2) is 13.0. The summed E-state index contributed by atoms with van der Waals surface area (Å²) in [6.07, 6.45) is 1.42. The summed E-state index contributed by atoms with van der Waals surface area (Å²) in [7, 11) is 0. The van der Waals surface area contributed by atoms with Crippen LogP contribution in [0.5, 0.6) is 17.2 Å². The highest BCUT2D eigenvalue weighted by Crippen LogP contribution is 2.37. The van der Waals surface area contributed by atoms with E-state index in [2.05, 4.69) is 59.8 Å². The molecule has 0 aromatic heterocycles. The molecule has 1 aliphatic rings. The third kappa shape index (κ3) is 6.82. The fourth-order valence-electron chi connectivity index (χ4n) is 3.79. The number of urea groups is 1. The van der Waals surface area contributed by atoms with E-state index in [9.17, 15) is 14.4 Å². The number of amides is 4. The van der Waals surface area contributed by atoms with Crippen molar-refractivity contribution >= 4 is 84.1 Å². The van der Waals surface area contributed by atoms with Crippen LogP contribution in [-0.4, -0.2) is 31.1 Å². The van der Waals surface area contributed by atoms with Gasteiger partial charge in [0.1, 0.15) is 29.4 Å². The first-order valence-corrected chi connectivity index (χ1v) is 14.6. The van der Waals surface area contributed by atoms with E-state index in [1.807, 2.05) is 31.2 Å². The van der Waals surface area contributed by atoms with Gasteiger partial charge in [0.05, 0.1) is 27.8 Å². The maximum Gasteiger partial charge on any atom is 0.336 e. The second-order valence-electron chi connectivity index (χ2n) is 8.18. The van der Waals surface area contributed by atoms with Crippen molar-refractivity contribution < 1.29 is 28.6 Å². The van der Waals surface area contributed by atoms with Crippen LogP contribution in [0.4, 0.5) is 10.5 Å². The van der Waals surface area contributed by atoms with E-state index in [0.29, 0.717) is 51.6 Å². The Hall–Kier alpha value is -2.90. The fraction of sp³-hybridized carbons (Fsp3) is 0.179. The zero-order valence-electron chi connectivity index (χ0n) is 20.9. The highest BCUT2D eigenvalue weighted by atomic mass is 127. The molecule has 39 heavy (non-hydrogen) atoms. The number of benzene rings is 3. The Morgan fingerprint density at radius 2 is 1.56 bits per heavy atom. The lowest BCUT2D eigenvalue weighted by atomic mass is 10.1. The molecule has 202 valence electrons. The van der Waals surface area contributed by atoms with Crippen LogP contribution >= 0.6 is 54.5 Å². The molecule has 1 heterocycles. The van der Waals surface area contributed by atoms with E-state index in [-0.39, 0.29) is 11.3 Å². The van der Waals surface area contributed by atoms with Gasteiger partial charge in [-0.05, 0) is 122 Å². The number of hydrogen-bond acceptors (Lipinski definition) is 6. The Balaban J connectivity index is 1.64. The van der Waals surface area contributed by atoms with Crippen molar-refractivity contribution in [1.29, 1.82) is 0 Å². The number of ether oxygens (including phenoxy) is 3. The van der Waals surface area contributed by atoms with Crippen molar-refractivity contribution in [2.24, 2.45) is 0 Å². The Morgan fingerprint density at radius 3 is 2.21 bits per heavy atom. The summed E-state index contributed by atoms with van der Waals surface area (Å²) >= 11 is 9.28. The molecule has 3 aromatic rings. The average Bonchev–Trinajstić information content (AvgIpc) is 2.89. The summed E-state index contributed by atoms with van der Waals surface area (Å²) in [5, 5.41) is 2.25. The molecule has 1 saturated heterocycles. The van der Waals surface area contributed by atoms with E-state index in [1.165, 1.54) is 12.1 Å². The zero-order chi connectivity index (χ0) is 28.1. The molecule has 11 heteroatoms. The van der Waals surface area contributed by atoms with Gasteiger partial charge in [0.2, 0.25) is 0 Å². The van der Waals surface area contributed by atoms with Crippen LogP contribution in [-0.2, 0) is 16.2 Å². The molecule has 4 rings (SSSR count). The van der Waals surface area contributed by atoms with Gasteiger partial charge in [-0.3, -0.25) is 14.9 Å². The van der Waals surface area contributed by atoms with Crippen LogP contribution in [0.25, 0.3) is 6.08 Å². The van der Waals surface area contributed by atoms with Crippen molar-refractivity contribution in [1.82, 2.24) is 5.32 Å².